The Morgan fingerprint density at radius 3 is 2.84 bits per heavy atom. The molecule has 1 N–H and O–H groups in total. The molecule has 198 valence electrons. The van der Waals surface area contributed by atoms with Crippen molar-refractivity contribution in [3.63, 3.8) is 0 Å². The van der Waals surface area contributed by atoms with E-state index in [1.807, 2.05) is 12.1 Å². The van der Waals surface area contributed by atoms with Gasteiger partial charge in [-0.3, -0.25) is 0 Å². The number of carbonyl (C=O) groups is 1. The van der Waals surface area contributed by atoms with E-state index in [9.17, 15) is 9.18 Å². The van der Waals surface area contributed by atoms with Gasteiger partial charge in [0.1, 0.15) is 0 Å². The third-order valence-corrected chi connectivity index (χ3v) is 8.78. The Bertz CT molecular complexity index is 1180. The molecule has 0 unspecified atom stereocenters. The standard InChI is InChI=1S/C29H34ClFN2O4/c1-4-25(35-2)20-7-5-17(20)14-32-15-29(13-18-11-21(18)22-12-19(30)6-8-23(22)29)16-37-26-10-9-24(28(34)36-3)33-27(26)31/h4,6,8-10,12,17-18,20-21,25,32H,1,5,7,11,13-16H2,2-3H3/t17-,18-,20+,21-,25-,29-/m0/s1. The molecule has 3 aliphatic carbocycles. The molecular weight excluding hydrogens is 495 g/mol. The average molecular weight is 529 g/mol. The van der Waals surface area contributed by atoms with Crippen molar-refractivity contribution < 1.29 is 23.4 Å². The molecule has 1 aromatic carbocycles. The maximum absolute atomic E-state index is 14.8. The quantitative estimate of drug-likeness (QED) is 0.242. The Kier molecular flexibility index (Phi) is 7.57. The van der Waals surface area contributed by atoms with Crippen molar-refractivity contribution in [3.8, 4) is 5.75 Å². The summed E-state index contributed by atoms with van der Waals surface area (Å²) in [4.78, 5) is 15.5. The number of nitrogens with one attached hydrogen (secondary N) is 1. The summed E-state index contributed by atoms with van der Waals surface area (Å²) in [6.45, 7) is 5.79. The maximum Gasteiger partial charge on any atom is 0.356 e. The van der Waals surface area contributed by atoms with E-state index in [-0.39, 0.29) is 29.6 Å². The second-order valence-electron chi connectivity index (χ2n) is 10.7. The summed E-state index contributed by atoms with van der Waals surface area (Å²) >= 11 is 6.38. The number of ether oxygens (including phenoxy) is 3. The Morgan fingerprint density at radius 2 is 2.16 bits per heavy atom. The van der Waals surface area contributed by atoms with Crippen LogP contribution in [0, 0.1) is 23.7 Å². The Labute approximate surface area is 222 Å². The van der Waals surface area contributed by atoms with E-state index >= 15 is 0 Å². The van der Waals surface area contributed by atoms with Crippen LogP contribution in [0.5, 0.6) is 5.75 Å². The molecule has 0 radical (unpaired) electrons. The number of nitrogens with zero attached hydrogens (tertiary/aromatic N) is 1. The number of hydrogen-bond acceptors (Lipinski definition) is 6. The molecule has 1 aromatic heterocycles. The van der Waals surface area contributed by atoms with Crippen LogP contribution in [-0.4, -0.2) is 51.0 Å². The van der Waals surface area contributed by atoms with Crippen LogP contribution < -0.4 is 10.1 Å². The summed E-state index contributed by atoms with van der Waals surface area (Å²) in [5, 5.41) is 4.47. The number of halogens is 2. The molecule has 0 saturated heterocycles. The SMILES string of the molecule is C=C[C@H](OC)[C@@H]1CC[C@H]1CNC[C@]1(COc2ccc(C(=O)OC)nc2F)C[C@@H]2C[C@@H]2c2cc(Cl)ccc21. The zero-order chi connectivity index (χ0) is 26.2. The lowest BCUT2D eigenvalue weighted by molar-refractivity contribution is 0.0106. The molecule has 2 aromatic rings. The first kappa shape index (κ1) is 26.1. The minimum atomic E-state index is -0.824. The molecule has 8 heteroatoms. The Morgan fingerprint density at radius 1 is 1.32 bits per heavy atom. The highest BCUT2D eigenvalue weighted by Crippen LogP contribution is 2.60. The molecule has 1 heterocycles. The number of hydrogen-bond donors (Lipinski definition) is 1. The number of fused-ring (bicyclic) bond motifs is 3. The third-order valence-electron chi connectivity index (χ3n) is 8.55. The molecule has 3 aliphatic rings. The van der Waals surface area contributed by atoms with Crippen LogP contribution in [0.25, 0.3) is 0 Å². The van der Waals surface area contributed by atoms with E-state index in [4.69, 9.17) is 21.1 Å². The van der Waals surface area contributed by atoms with E-state index in [1.165, 1.54) is 30.4 Å². The molecule has 2 saturated carbocycles. The lowest BCUT2D eigenvalue weighted by atomic mass is 9.69. The van der Waals surface area contributed by atoms with Gasteiger partial charge in [-0.15, -0.1) is 6.58 Å². The van der Waals surface area contributed by atoms with E-state index in [2.05, 4.69) is 33.7 Å². The fourth-order valence-corrected chi connectivity index (χ4v) is 6.51. The van der Waals surface area contributed by atoms with Crippen LogP contribution in [0.1, 0.15) is 53.2 Å². The van der Waals surface area contributed by atoms with Crippen LogP contribution in [0.3, 0.4) is 0 Å². The zero-order valence-electron chi connectivity index (χ0n) is 21.3. The van der Waals surface area contributed by atoms with Gasteiger partial charge in [0.05, 0.1) is 19.8 Å². The predicted octanol–water partition coefficient (Wildman–Crippen LogP) is 5.30. The molecule has 37 heavy (non-hydrogen) atoms. The number of carbonyl (C=O) groups excluding carboxylic acids is 1. The topological polar surface area (TPSA) is 69.7 Å². The number of esters is 1. The summed E-state index contributed by atoms with van der Waals surface area (Å²) in [6, 6.07) is 8.99. The zero-order valence-corrected chi connectivity index (χ0v) is 22.1. The van der Waals surface area contributed by atoms with Crippen LogP contribution >= 0.6 is 11.6 Å². The first-order chi connectivity index (χ1) is 17.9. The third kappa shape index (κ3) is 5.14. The summed E-state index contributed by atoms with van der Waals surface area (Å²) < 4.78 is 31.1. The lowest BCUT2D eigenvalue weighted by Gasteiger charge is -2.42. The molecule has 6 atom stereocenters. The van der Waals surface area contributed by atoms with Gasteiger partial charge in [-0.25, -0.2) is 9.78 Å². The van der Waals surface area contributed by atoms with Gasteiger partial charge in [-0.1, -0.05) is 23.7 Å². The monoisotopic (exact) mass is 528 g/mol. The van der Waals surface area contributed by atoms with Gasteiger partial charge in [-0.05, 0) is 91.3 Å². The molecule has 5 rings (SSSR count). The van der Waals surface area contributed by atoms with Crippen LogP contribution in [0.15, 0.2) is 43.0 Å². The average Bonchev–Trinajstić information content (AvgIpc) is 3.67. The van der Waals surface area contributed by atoms with Gasteiger partial charge < -0.3 is 19.5 Å². The number of methoxy groups -OCH3 is 2. The van der Waals surface area contributed by atoms with E-state index < -0.39 is 11.9 Å². The molecule has 0 aliphatic heterocycles. The van der Waals surface area contributed by atoms with Crippen LogP contribution in [-0.2, 0) is 14.9 Å². The largest absolute Gasteiger partial charge is 0.488 e. The Balaban J connectivity index is 1.36. The van der Waals surface area contributed by atoms with Gasteiger partial charge in [-0.2, -0.15) is 4.39 Å². The fraction of sp³-hybridized carbons (Fsp3) is 0.517. The van der Waals surface area contributed by atoms with Gasteiger partial charge in [0.2, 0.25) is 0 Å². The highest BCUT2D eigenvalue weighted by molar-refractivity contribution is 6.30. The number of aromatic nitrogens is 1. The van der Waals surface area contributed by atoms with Crippen molar-refractivity contribution in [1.29, 1.82) is 0 Å². The number of pyridine rings is 1. The smallest absolute Gasteiger partial charge is 0.356 e. The molecule has 0 bridgehead atoms. The van der Waals surface area contributed by atoms with E-state index in [0.717, 1.165) is 37.3 Å². The summed E-state index contributed by atoms with van der Waals surface area (Å²) in [5.74, 6) is 0.603. The Hall–Kier alpha value is -2.48. The fourth-order valence-electron chi connectivity index (χ4n) is 6.33. The van der Waals surface area contributed by atoms with Crippen molar-refractivity contribution in [2.75, 3.05) is 33.9 Å². The van der Waals surface area contributed by atoms with Crippen molar-refractivity contribution in [2.45, 2.75) is 43.1 Å². The predicted molar refractivity (Wildman–Crippen MR) is 140 cm³/mol. The van der Waals surface area contributed by atoms with E-state index in [0.29, 0.717) is 30.2 Å². The van der Waals surface area contributed by atoms with E-state index in [1.54, 1.807) is 7.11 Å². The van der Waals surface area contributed by atoms with Gasteiger partial charge in [0.25, 0.3) is 5.95 Å². The van der Waals surface area contributed by atoms with Crippen LogP contribution in [0.4, 0.5) is 4.39 Å². The molecule has 0 amide bonds. The van der Waals surface area contributed by atoms with Gasteiger partial charge >= 0.3 is 5.97 Å². The molecule has 6 nitrogen and oxygen atoms in total. The van der Waals surface area contributed by atoms with Crippen molar-refractivity contribution >= 4 is 17.6 Å². The van der Waals surface area contributed by atoms with Crippen molar-refractivity contribution in [3.05, 3.63) is 70.8 Å². The molecule has 2 fully saturated rings. The first-order valence-corrected chi connectivity index (χ1v) is 13.3. The normalized spacial score (nSPS) is 28.3. The number of benzene rings is 1. The van der Waals surface area contributed by atoms with Crippen LogP contribution in [0.2, 0.25) is 5.02 Å². The molecular formula is C29H34ClFN2O4. The van der Waals surface area contributed by atoms with Gasteiger partial charge in [0.15, 0.2) is 11.4 Å². The first-order valence-electron chi connectivity index (χ1n) is 12.9. The van der Waals surface area contributed by atoms with Gasteiger partial charge in [0, 0.05) is 24.1 Å². The highest BCUT2D eigenvalue weighted by atomic mass is 35.5. The highest BCUT2D eigenvalue weighted by Gasteiger charge is 2.52. The molecule has 0 spiro atoms. The summed E-state index contributed by atoms with van der Waals surface area (Å²) in [6.07, 6.45) is 6.37. The second kappa shape index (κ2) is 10.7. The number of rotatable bonds is 11. The minimum absolute atomic E-state index is 0.0217. The lowest BCUT2D eigenvalue weighted by Crippen LogP contribution is -2.49. The maximum atomic E-state index is 14.8. The summed E-state index contributed by atoms with van der Waals surface area (Å²) in [7, 11) is 2.98. The minimum Gasteiger partial charge on any atom is -0.488 e. The second-order valence-corrected chi connectivity index (χ2v) is 11.1. The summed E-state index contributed by atoms with van der Waals surface area (Å²) in [5.41, 5.74) is 2.06. The van der Waals surface area contributed by atoms with Crippen molar-refractivity contribution in [2.24, 2.45) is 17.8 Å². The van der Waals surface area contributed by atoms with Crippen molar-refractivity contribution in [1.82, 2.24) is 10.3 Å².